The molecule has 6 heteroatoms. The number of carboxylic acids is 1. The van der Waals surface area contributed by atoms with Gasteiger partial charge in [0.25, 0.3) is 0 Å². The van der Waals surface area contributed by atoms with E-state index in [0.29, 0.717) is 6.54 Å². The number of aliphatic carboxylic acids is 1. The van der Waals surface area contributed by atoms with Crippen LogP contribution in [0.3, 0.4) is 0 Å². The average molecular weight is 251 g/mol. The molecule has 0 spiro atoms. The van der Waals surface area contributed by atoms with Gasteiger partial charge in [0.1, 0.15) is 11.9 Å². The summed E-state index contributed by atoms with van der Waals surface area (Å²) in [5.41, 5.74) is 0. The van der Waals surface area contributed by atoms with Crippen LogP contribution >= 0.6 is 11.3 Å². The third kappa shape index (κ3) is 2.54. The minimum Gasteiger partial charge on any atom is -0.480 e. The summed E-state index contributed by atoms with van der Waals surface area (Å²) in [7, 11) is 1.64. The molecular formula is C11H13N3O2S. The molecule has 0 radical (unpaired) electrons. The molecule has 0 saturated carbocycles. The molecule has 2 N–H and O–H groups in total. The highest BCUT2D eigenvalue weighted by Crippen LogP contribution is 2.22. The van der Waals surface area contributed by atoms with Gasteiger partial charge in [-0.1, -0.05) is 6.07 Å². The Morgan fingerprint density at radius 3 is 3.12 bits per heavy atom. The largest absolute Gasteiger partial charge is 0.480 e. The van der Waals surface area contributed by atoms with Crippen molar-refractivity contribution in [3.8, 4) is 10.7 Å². The third-order valence-electron chi connectivity index (χ3n) is 2.48. The Balaban J connectivity index is 2.23. The highest BCUT2D eigenvalue weighted by atomic mass is 32.1. The van der Waals surface area contributed by atoms with E-state index >= 15 is 0 Å². The number of nitrogens with one attached hydrogen (secondary N) is 1. The number of aromatic nitrogens is 2. The van der Waals surface area contributed by atoms with E-state index in [1.807, 2.05) is 22.1 Å². The maximum Gasteiger partial charge on any atom is 0.322 e. The third-order valence-corrected chi connectivity index (χ3v) is 3.35. The Bertz CT molecular complexity index is 493. The molecule has 1 atom stereocenters. The van der Waals surface area contributed by atoms with Gasteiger partial charge in [0.15, 0.2) is 0 Å². The molecule has 2 heterocycles. The van der Waals surface area contributed by atoms with Gasteiger partial charge in [0.2, 0.25) is 0 Å². The molecule has 0 fully saturated rings. The topological polar surface area (TPSA) is 67.2 Å². The lowest BCUT2D eigenvalue weighted by Crippen LogP contribution is -2.37. The number of hydrogen-bond acceptors (Lipinski definition) is 4. The van der Waals surface area contributed by atoms with Crippen LogP contribution in [0.25, 0.3) is 10.7 Å². The average Bonchev–Trinajstić information content (AvgIpc) is 2.95. The van der Waals surface area contributed by atoms with Crippen LogP contribution in [0.5, 0.6) is 0 Å². The fourth-order valence-corrected chi connectivity index (χ4v) is 2.31. The number of hydrogen-bond donors (Lipinski definition) is 2. The molecule has 1 unspecified atom stereocenters. The first kappa shape index (κ1) is 11.8. The van der Waals surface area contributed by atoms with Crippen LogP contribution in [0.15, 0.2) is 29.9 Å². The van der Waals surface area contributed by atoms with Crippen LogP contribution < -0.4 is 5.32 Å². The van der Waals surface area contributed by atoms with E-state index in [0.717, 1.165) is 10.7 Å². The van der Waals surface area contributed by atoms with Crippen molar-refractivity contribution in [3.05, 3.63) is 29.9 Å². The molecular weight excluding hydrogens is 238 g/mol. The maximum absolute atomic E-state index is 11.0. The molecule has 0 amide bonds. The van der Waals surface area contributed by atoms with E-state index in [4.69, 9.17) is 5.11 Å². The number of rotatable bonds is 5. The van der Waals surface area contributed by atoms with Gasteiger partial charge in [0, 0.05) is 12.4 Å². The molecule has 0 bridgehead atoms. The lowest BCUT2D eigenvalue weighted by molar-refractivity contribution is -0.139. The summed E-state index contributed by atoms with van der Waals surface area (Å²) in [6.45, 7) is 0.360. The molecule has 0 aliphatic rings. The van der Waals surface area contributed by atoms with Crippen LogP contribution in [0.2, 0.25) is 0 Å². The second kappa shape index (κ2) is 5.11. The lowest BCUT2D eigenvalue weighted by Gasteiger charge is -2.13. The van der Waals surface area contributed by atoms with Crippen LogP contribution in [0, 0.1) is 0 Å². The van der Waals surface area contributed by atoms with Crippen molar-refractivity contribution in [2.45, 2.75) is 12.6 Å². The van der Waals surface area contributed by atoms with Crippen molar-refractivity contribution < 1.29 is 9.90 Å². The Morgan fingerprint density at radius 1 is 1.71 bits per heavy atom. The Hall–Kier alpha value is -1.66. The number of carbonyl (C=O) groups is 1. The van der Waals surface area contributed by atoms with Gasteiger partial charge in [-0.2, -0.15) is 0 Å². The van der Waals surface area contributed by atoms with Gasteiger partial charge in [-0.3, -0.25) is 4.79 Å². The summed E-state index contributed by atoms with van der Waals surface area (Å²) in [5.74, 6) is -0.0557. The molecule has 17 heavy (non-hydrogen) atoms. The van der Waals surface area contributed by atoms with Gasteiger partial charge in [-0.25, -0.2) is 4.98 Å². The fraction of sp³-hybridized carbons (Fsp3) is 0.273. The highest BCUT2D eigenvalue weighted by molar-refractivity contribution is 7.13. The van der Waals surface area contributed by atoms with E-state index in [2.05, 4.69) is 10.3 Å². The second-order valence-electron chi connectivity index (χ2n) is 3.56. The Labute approximate surface area is 103 Å². The number of nitrogens with zero attached hydrogens (tertiary/aromatic N) is 2. The zero-order valence-corrected chi connectivity index (χ0v) is 10.1. The molecule has 2 rings (SSSR count). The lowest BCUT2D eigenvalue weighted by atomic mass is 10.3. The summed E-state index contributed by atoms with van der Waals surface area (Å²) in [6, 6.07) is 3.31. The number of carboxylic acid groups (broad SMARTS) is 1. The molecule has 5 nitrogen and oxygen atoms in total. The molecule has 0 aliphatic carbocycles. The Kier molecular flexibility index (Phi) is 3.55. The first-order chi connectivity index (χ1) is 8.22. The van der Waals surface area contributed by atoms with Gasteiger partial charge in [-0.05, 0) is 18.5 Å². The van der Waals surface area contributed by atoms with Crippen molar-refractivity contribution >= 4 is 17.3 Å². The normalized spacial score (nSPS) is 12.5. The second-order valence-corrected chi connectivity index (χ2v) is 4.51. The molecule has 0 aromatic carbocycles. The zero-order valence-electron chi connectivity index (χ0n) is 9.33. The predicted molar refractivity (Wildman–Crippen MR) is 66.0 cm³/mol. The van der Waals surface area contributed by atoms with Gasteiger partial charge >= 0.3 is 5.97 Å². The van der Waals surface area contributed by atoms with Crippen molar-refractivity contribution in [2.75, 3.05) is 7.05 Å². The molecule has 0 saturated heterocycles. The monoisotopic (exact) mass is 251 g/mol. The number of likely N-dealkylation sites (N-methyl/N-ethyl adjacent to an activating group) is 1. The Morgan fingerprint density at radius 2 is 2.53 bits per heavy atom. The minimum absolute atomic E-state index is 0.360. The minimum atomic E-state index is -0.863. The van der Waals surface area contributed by atoms with Crippen LogP contribution in [-0.2, 0) is 11.3 Å². The number of imidazole rings is 1. The molecule has 2 aromatic rings. The van der Waals surface area contributed by atoms with Gasteiger partial charge in [-0.15, -0.1) is 11.3 Å². The zero-order chi connectivity index (χ0) is 12.3. The first-order valence-corrected chi connectivity index (χ1v) is 6.05. The summed E-state index contributed by atoms with van der Waals surface area (Å²) in [6.07, 6.45) is 3.48. The molecule has 2 aromatic heterocycles. The van der Waals surface area contributed by atoms with E-state index in [1.165, 1.54) is 0 Å². The SMILES string of the molecule is CNC(Cn1ccnc1-c1cccs1)C(=O)O. The predicted octanol–water partition coefficient (Wildman–Crippen LogP) is 1.28. The van der Waals surface area contributed by atoms with Crippen molar-refractivity contribution in [1.82, 2.24) is 14.9 Å². The summed E-state index contributed by atoms with van der Waals surface area (Å²) < 4.78 is 1.85. The molecule has 90 valence electrons. The van der Waals surface area contributed by atoms with Crippen molar-refractivity contribution in [2.24, 2.45) is 0 Å². The smallest absolute Gasteiger partial charge is 0.322 e. The summed E-state index contributed by atoms with van der Waals surface area (Å²) >= 11 is 1.59. The van der Waals surface area contributed by atoms with Gasteiger partial charge < -0.3 is 15.0 Å². The maximum atomic E-state index is 11.0. The summed E-state index contributed by atoms with van der Waals surface area (Å²) in [4.78, 5) is 16.3. The van der Waals surface area contributed by atoms with Crippen molar-refractivity contribution in [3.63, 3.8) is 0 Å². The highest BCUT2D eigenvalue weighted by Gasteiger charge is 2.17. The van der Waals surface area contributed by atoms with E-state index in [9.17, 15) is 4.79 Å². The van der Waals surface area contributed by atoms with E-state index in [-0.39, 0.29) is 0 Å². The van der Waals surface area contributed by atoms with Crippen LogP contribution in [0.1, 0.15) is 0 Å². The summed E-state index contributed by atoms with van der Waals surface area (Å²) in [5, 5.41) is 13.7. The quantitative estimate of drug-likeness (QED) is 0.840. The van der Waals surface area contributed by atoms with Gasteiger partial charge in [0.05, 0.1) is 11.4 Å². The number of thiophene rings is 1. The van der Waals surface area contributed by atoms with Crippen LogP contribution in [-0.4, -0.2) is 33.7 Å². The van der Waals surface area contributed by atoms with E-state index < -0.39 is 12.0 Å². The first-order valence-electron chi connectivity index (χ1n) is 5.17. The standard InChI is InChI=1S/C11H13N3O2S/c1-12-8(11(15)16)7-14-5-4-13-10(14)9-3-2-6-17-9/h2-6,8,12H,7H2,1H3,(H,15,16). The van der Waals surface area contributed by atoms with Crippen molar-refractivity contribution in [1.29, 1.82) is 0 Å². The van der Waals surface area contributed by atoms with E-state index in [1.54, 1.807) is 30.8 Å². The van der Waals surface area contributed by atoms with Crippen LogP contribution in [0.4, 0.5) is 0 Å². The fourth-order valence-electron chi connectivity index (χ4n) is 1.58. The molecule has 0 aliphatic heterocycles.